The number of nitrogens with zero attached hydrogens (tertiary/aromatic N) is 4. The predicted molar refractivity (Wildman–Crippen MR) is 126 cm³/mol. The number of carbonyl (C=O) groups excluding carboxylic acids is 1. The van der Waals surface area contributed by atoms with Gasteiger partial charge in [-0.3, -0.25) is 9.69 Å². The molecule has 0 atom stereocenters. The van der Waals surface area contributed by atoms with Gasteiger partial charge in [0.25, 0.3) is 5.91 Å². The van der Waals surface area contributed by atoms with Crippen LogP contribution in [-0.4, -0.2) is 79.3 Å². The number of hydrogen-bond donors (Lipinski definition) is 0. The lowest BCUT2D eigenvalue weighted by Crippen LogP contribution is -2.49. The van der Waals surface area contributed by atoms with E-state index in [4.69, 9.17) is 14.2 Å². The largest absolute Gasteiger partial charge is 0.493 e. The summed E-state index contributed by atoms with van der Waals surface area (Å²) in [7, 11) is 4.65. The molecule has 4 rings (SSSR count). The fourth-order valence-corrected chi connectivity index (χ4v) is 4.15. The van der Waals surface area contributed by atoms with Gasteiger partial charge >= 0.3 is 0 Å². The van der Waals surface area contributed by atoms with Crippen LogP contribution >= 0.6 is 0 Å². The van der Waals surface area contributed by atoms with Crippen LogP contribution in [0.1, 0.15) is 10.4 Å². The average molecular weight is 451 g/mol. The molecule has 174 valence electrons. The van der Waals surface area contributed by atoms with Gasteiger partial charge in [0.2, 0.25) is 5.75 Å². The van der Waals surface area contributed by atoms with Gasteiger partial charge in [0.1, 0.15) is 5.82 Å². The van der Waals surface area contributed by atoms with Gasteiger partial charge in [0.15, 0.2) is 11.5 Å². The molecule has 1 aliphatic heterocycles. The molecule has 1 aromatic heterocycles. The number of imidazole rings is 1. The van der Waals surface area contributed by atoms with Crippen molar-refractivity contribution in [2.75, 3.05) is 54.1 Å². The summed E-state index contributed by atoms with van der Waals surface area (Å²) in [6.07, 6.45) is 3.86. The van der Waals surface area contributed by atoms with Gasteiger partial charge in [-0.25, -0.2) is 4.98 Å². The van der Waals surface area contributed by atoms with Crippen molar-refractivity contribution in [2.24, 2.45) is 0 Å². The Morgan fingerprint density at radius 1 is 0.909 bits per heavy atom. The highest BCUT2D eigenvalue weighted by Crippen LogP contribution is 2.38. The third-order valence-electron chi connectivity index (χ3n) is 5.98. The standard InChI is InChI=1S/C25H30N4O4/c1-31-21-17-20(18-22(32-2)23(21)33-3)25(30)29-15-12-27(13-16-29)11-14-28-10-9-26-24(28)19-7-5-4-6-8-19/h4-10,17-18H,11-16H2,1-3H3. The second kappa shape index (κ2) is 10.4. The van der Waals surface area contributed by atoms with Crippen molar-refractivity contribution in [3.05, 3.63) is 60.4 Å². The van der Waals surface area contributed by atoms with Gasteiger partial charge in [-0.15, -0.1) is 0 Å². The van der Waals surface area contributed by atoms with E-state index in [0.29, 0.717) is 35.9 Å². The van der Waals surface area contributed by atoms with Gasteiger partial charge in [-0.2, -0.15) is 0 Å². The van der Waals surface area contributed by atoms with E-state index in [-0.39, 0.29) is 5.91 Å². The lowest BCUT2D eigenvalue weighted by atomic mass is 10.1. The minimum atomic E-state index is -0.0325. The van der Waals surface area contributed by atoms with Crippen molar-refractivity contribution in [3.8, 4) is 28.6 Å². The van der Waals surface area contributed by atoms with Crippen molar-refractivity contribution >= 4 is 5.91 Å². The van der Waals surface area contributed by atoms with Crippen molar-refractivity contribution in [1.82, 2.24) is 19.4 Å². The van der Waals surface area contributed by atoms with E-state index in [1.165, 1.54) is 0 Å². The molecule has 1 amide bonds. The molecule has 1 fully saturated rings. The number of benzene rings is 2. The summed E-state index contributed by atoms with van der Waals surface area (Å²) in [5.74, 6) is 2.39. The zero-order valence-corrected chi connectivity index (χ0v) is 19.4. The van der Waals surface area contributed by atoms with Crippen LogP contribution in [0.25, 0.3) is 11.4 Å². The molecule has 0 aliphatic carbocycles. The molecule has 1 saturated heterocycles. The van der Waals surface area contributed by atoms with Gasteiger partial charge < -0.3 is 23.7 Å². The van der Waals surface area contributed by atoms with Crippen LogP contribution < -0.4 is 14.2 Å². The molecule has 0 radical (unpaired) electrons. The second-order valence-electron chi connectivity index (χ2n) is 7.86. The Hall–Kier alpha value is -3.52. The van der Waals surface area contributed by atoms with E-state index in [2.05, 4.69) is 26.6 Å². The normalized spacial score (nSPS) is 14.2. The van der Waals surface area contributed by atoms with Crippen molar-refractivity contribution in [1.29, 1.82) is 0 Å². The SMILES string of the molecule is COc1cc(C(=O)N2CCN(CCn3ccnc3-c3ccccc3)CC2)cc(OC)c1OC. The predicted octanol–water partition coefficient (Wildman–Crippen LogP) is 3.03. The molecular formula is C25H30N4O4. The molecule has 1 aliphatic rings. The molecule has 0 N–H and O–H groups in total. The molecule has 0 spiro atoms. The second-order valence-corrected chi connectivity index (χ2v) is 7.86. The van der Waals surface area contributed by atoms with Crippen LogP contribution in [0.15, 0.2) is 54.9 Å². The quantitative estimate of drug-likeness (QED) is 0.526. The number of aromatic nitrogens is 2. The summed E-state index contributed by atoms with van der Waals surface area (Å²) in [6.45, 7) is 4.75. The first-order chi connectivity index (χ1) is 16.1. The Bertz CT molecular complexity index is 1050. The van der Waals surface area contributed by atoms with E-state index in [1.807, 2.05) is 35.5 Å². The first-order valence-electron chi connectivity index (χ1n) is 11.0. The molecule has 0 bridgehead atoms. The molecule has 8 nitrogen and oxygen atoms in total. The highest BCUT2D eigenvalue weighted by atomic mass is 16.5. The highest BCUT2D eigenvalue weighted by Gasteiger charge is 2.24. The first-order valence-corrected chi connectivity index (χ1v) is 11.0. The molecule has 33 heavy (non-hydrogen) atoms. The Morgan fingerprint density at radius 3 is 2.18 bits per heavy atom. The van der Waals surface area contributed by atoms with E-state index < -0.39 is 0 Å². The number of carbonyl (C=O) groups is 1. The van der Waals surface area contributed by atoms with Gasteiger partial charge in [0, 0.05) is 62.8 Å². The van der Waals surface area contributed by atoms with E-state index >= 15 is 0 Å². The number of methoxy groups -OCH3 is 3. The third kappa shape index (κ3) is 4.96. The van der Waals surface area contributed by atoms with Gasteiger partial charge in [-0.1, -0.05) is 30.3 Å². The molecule has 8 heteroatoms. The van der Waals surface area contributed by atoms with Crippen LogP contribution in [0.3, 0.4) is 0 Å². The van der Waals surface area contributed by atoms with Crippen LogP contribution in [0, 0.1) is 0 Å². The minimum absolute atomic E-state index is 0.0325. The van der Waals surface area contributed by atoms with Crippen molar-refractivity contribution in [3.63, 3.8) is 0 Å². The Labute approximate surface area is 194 Å². The average Bonchev–Trinajstić information content (AvgIpc) is 3.35. The lowest BCUT2D eigenvalue weighted by Gasteiger charge is -2.35. The van der Waals surface area contributed by atoms with Gasteiger partial charge in [0.05, 0.1) is 21.3 Å². The zero-order chi connectivity index (χ0) is 23.2. The molecule has 0 unspecified atom stereocenters. The Balaban J connectivity index is 1.35. The fraction of sp³-hybridized carbons (Fsp3) is 0.360. The number of rotatable bonds is 8. The first kappa shape index (κ1) is 22.7. The number of amides is 1. The summed E-state index contributed by atoms with van der Waals surface area (Å²) >= 11 is 0. The zero-order valence-electron chi connectivity index (χ0n) is 19.4. The molecular weight excluding hydrogens is 420 g/mol. The number of ether oxygens (including phenoxy) is 3. The summed E-state index contributed by atoms with van der Waals surface area (Å²) in [4.78, 5) is 21.9. The number of piperazine rings is 1. The maximum Gasteiger partial charge on any atom is 0.254 e. The summed E-state index contributed by atoms with van der Waals surface area (Å²) < 4.78 is 18.3. The lowest BCUT2D eigenvalue weighted by molar-refractivity contribution is 0.0632. The summed E-state index contributed by atoms with van der Waals surface area (Å²) in [6, 6.07) is 13.6. The maximum atomic E-state index is 13.1. The highest BCUT2D eigenvalue weighted by molar-refractivity contribution is 5.95. The number of hydrogen-bond acceptors (Lipinski definition) is 6. The van der Waals surface area contributed by atoms with Gasteiger partial charge in [-0.05, 0) is 12.1 Å². The minimum Gasteiger partial charge on any atom is -0.493 e. The van der Waals surface area contributed by atoms with Crippen LogP contribution in [0.5, 0.6) is 17.2 Å². The molecule has 3 aromatic rings. The smallest absolute Gasteiger partial charge is 0.254 e. The van der Waals surface area contributed by atoms with E-state index in [0.717, 1.165) is 37.6 Å². The van der Waals surface area contributed by atoms with Crippen LogP contribution in [0.4, 0.5) is 0 Å². The molecule has 2 aromatic carbocycles. The van der Waals surface area contributed by atoms with Crippen LogP contribution in [0.2, 0.25) is 0 Å². The Morgan fingerprint density at radius 2 is 1.58 bits per heavy atom. The third-order valence-corrected chi connectivity index (χ3v) is 5.98. The topological polar surface area (TPSA) is 69.1 Å². The summed E-state index contributed by atoms with van der Waals surface area (Å²) in [5, 5.41) is 0. The van der Waals surface area contributed by atoms with Crippen molar-refractivity contribution < 1.29 is 19.0 Å². The maximum absolute atomic E-state index is 13.1. The van der Waals surface area contributed by atoms with Crippen molar-refractivity contribution in [2.45, 2.75) is 6.54 Å². The molecule has 2 heterocycles. The van der Waals surface area contributed by atoms with E-state index in [9.17, 15) is 4.79 Å². The summed E-state index contributed by atoms with van der Waals surface area (Å²) in [5.41, 5.74) is 1.65. The molecule has 0 saturated carbocycles. The van der Waals surface area contributed by atoms with E-state index in [1.54, 1.807) is 33.5 Å². The van der Waals surface area contributed by atoms with Crippen LogP contribution in [-0.2, 0) is 6.54 Å². The Kier molecular flexibility index (Phi) is 7.14. The fourth-order valence-electron chi connectivity index (χ4n) is 4.15. The monoisotopic (exact) mass is 450 g/mol.